The summed E-state index contributed by atoms with van der Waals surface area (Å²) in [5.74, 6) is 0.0347. The molecule has 1 rings (SSSR count). The SMILES string of the molecule is O=Cc1ccccc1O.[Mg]. The van der Waals surface area contributed by atoms with E-state index in [2.05, 4.69) is 0 Å². The minimum absolute atomic E-state index is 0. The fourth-order valence-corrected chi connectivity index (χ4v) is 0.587. The first-order chi connectivity index (χ1) is 4.34. The number of carbonyl (C=O) groups is 1. The van der Waals surface area contributed by atoms with Gasteiger partial charge >= 0.3 is 0 Å². The third-order valence-corrected chi connectivity index (χ3v) is 1.06. The van der Waals surface area contributed by atoms with Crippen LogP contribution in [0, 0.1) is 0 Å². The summed E-state index contributed by atoms with van der Waals surface area (Å²) in [4.78, 5) is 10.1. The first-order valence-corrected chi connectivity index (χ1v) is 2.58. The molecule has 10 heavy (non-hydrogen) atoms. The Bertz CT molecular complexity index is 223. The van der Waals surface area contributed by atoms with Gasteiger partial charge < -0.3 is 5.11 Å². The zero-order valence-corrected chi connectivity index (χ0v) is 6.86. The molecule has 0 heterocycles. The summed E-state index contributed by atoms with van der Waals surface area (Å²) in [5.41, 5.74) is 0.331. The zero-order chi connectivity index (χ0) is 6.69. The topological polar surface area (TPSA) is 37.3 Å². The molecule has 2 nitrogen and oxygen atoms in total. The van der Waals surface area contributed by atoms with Gasteiger partial charge in [-0.2, -0.15) is 0 Å². The summed E-state index contributed by atoms with van der Waals surface area (Å²) < 4.78 is 0. The van der Waals surface area contributed by atoms with Crippen molar-refractivity contribution < 1.29 is 9.90 Å². The summed E-state index contributed by atoms with van der Waals surface area (Å²) >= 11 is 0. The van der Waals surface area contributed by atoms with Crippen molar-refractivity contribution in [3.63, 3.8) is 0 Å². The van der Waals surface area contributed by atoms with Crippen LogP contribution in [0.2, 0.25) is 0 Å². The van der Waals surface area contributed by atoms with Crippen molar-refractivity contribution in [2.45, 2.75) is 0 Å². The van der Waals surface area contributed by atoms with Gasteiger partial charge in [0.1, 0.15) is 5.75 Å². The minimum atomic E-state index is 0. The van der Waals surface area contributed by atoms with Gasteiger partial charge in [-0.05, 0) is 12.1 Å². The molecule has 2 radical (unpaired) electrons. The van der Waals surface area contributed by atoms with Crippen LogP contribution in [0.1, 0.15) is 10.4 Å². The Hall–Kier alpha value is -0.544. The normalized spacial score (nSPS) is 8.00. The molecule has 0 saturated carbocycles. The maximum absolute atomic E-state index is 10.1. The Kier molecular flexibility index (Phi) is 4.07. The number of aromatic hydroxyl groups is 1. The number of carbonyl (C=O) groups excluding carboxylic acids is 1. The van der Waals surface area contributed by atoms with Crippen molar-refractivity contribution >= 4 is 29.3 Å². The van der Waals surface area contributed by atoms with E-state index in [-0.39, 0.29) is 28.8 Å². The van der Waals surface area contributed by atoms with Crippen LogP contribution in [-0.2, 0) is 0 Å². The van der Waals surface area contributed by atoms with Gasteiger partial charge in [0, 0.05) is 23.1 Å². The van der Waals surface area contributed by atoms with Gasteiger partial charge in [-0.15, -0.1) is 0 Å². The number of phenols is 1. The number of para-hydroxylation sites is 1. The summed E-state index contributed by atoms with van der Waals surface area (Å²) in [6.07, 6.45) is 0.620. The van der Waals surface area contributed by atoms with Crippen molar-refractivity contribution in [1.82, 2.24) is 0 Å². The average Bonchev–Trinajstić information content (AvgIpc) is 1.89. The van der Waals surface area contributed by atoms with Crippen LogP contribution in [0.3, 0.4) is 0 Å². The number of hydrogen-bond acceptors (Lipinski definition) is 2. The van der Waals surface area contributed by atoms with E-state index in [0.29, 0.717) is 11.8 Å². The third-order valence-electron chi connectivity index (χ3n) is 1.06. The monoisotopic (exact) mass is 146 g/mol. The van der Waals surface area contributed by atoms with Gasteiger partial charge in [-0.25, -0.2) is 0 Å². The number of benzene rings is 1. The standard InChI is InChI=1S/C7H6O2.Mg/c8-5-6-3-1-2-4-7(6)9;/h1-5,9H;. The highest BCUT2D eigenvalue weighted by Crippen LogP contribution is 2.11. The van der Waals surface area contributed by atoms with E-state index in [9.17, 15) is 4.79 Å². The molecule has 0 saturated heterocycles. The zero-order valence-electron chi connectivity index (χ0n) is 5.45. The van der Waals surface area contributed by atoms with Gasteiger partial charge in [-0.3, -0.25) is 4.79 Å². The lowest BCUT2D eigenvalue weighted by Crippen LogP contribution is -1.77. The average molecular weight is 146 g/mol. The number of rotatable bonds is 1. The highest BCUT2D eigenvalue weighted by Gasteiger charge is 1.93. The quantitative estimate of drug-likeness (QED) is 0.471. The Balaban J connectivity index is 0.000000810. The molecule has 0 aliphatic heterocycles. The molecular formula is C7H6MgO2. The smallest absolute Gasteiger partial charge is 0.153 e. The predicted molar refractivity (Wildman–Crippen MR) is 39.2 cm³/mol. The van der Waals surface area contributed by atoms with Crippen LogP contribution in [-0.4, -0.2) is 34.4 Å². The van der Waals surface area contributed by atoms with Crippen molar-refractivity contribution in [1.29, 1.82) is 0 Å². The van der Waals surface area contributed by atoms with Crippen LogP contribution in [0.15, 0.2) is 24.3 Å². The van der Waals surface area contributed by atoms with Crippen LogP contribution in [0.5, 0.6) is 5.75 Å². The molecule has 0 bridgehead atoms. The van der Waals surface area contributed by atoms with E-state index in [1.807, 2.05) is 0 Å². The molecule has 0 spiro atoms. The molecule has 1 aromatic rings. The second-order valence-electron chi connectivity index (χ2n) is 1.68. The van der Waals surface area contributed by atoms with Gasteiger partial charge in [-0.1, -0.05) is 12.1 Å². The number of phenolic OH excluding ortho intramolecular Hbond substituents is 1. The van der Waals surface area contributed by atoms with Crippen molar-refractivity contribution in [2.75, 3.05) is 0 Å². The second kappa shape index (κ2) is 4.30. The maximum atomic E-state index is 10.1. The van der Waals surface area contributed by atoms with E-state index in [4.69, 9.17) is 5.11 Å². The number of hydrogen-bond donors (Lipinski definition) is 1. The van der Waals surface area contributed by atoms with Crippen LogP contribution in [0.4, 0.5) is 0 Å². The largest absolute Gasteiger partial charge is 0.507 e. The Morgan fingerprint density at radius 1 is 1.30 bits per heavy atom. The maximum Gasteiger partial charge on any atom is 0.153 e. The lowest BCUT2D eigenvalue weighted by atomic mass is 10.2. The highest BCUT2D eigenvalue weighted by molar-refractivity contribution is 5.78. The first kappa shape index (κ1) is 9.46. The Morgan fingerprint density at radius 2 is 1.90 bits per heavy atom. The van der Waals surface area contributed by atoms with Crippen molar-refractivity contribution in [2.24, 2.45) is 0 Å². The lowest BCUT2D eigenvalue weighted by molar-refractivity contribution is 0.112. The minimum Gasteiger partial charge on any atom is -0.507 e. The van der Waals surface area contributed by atoms with Gasteiger partial charge in [0.25, 0.3) is 0 Å². The second-order valence-corrected chi connectivity index (χ2v) is 1.68. The summed E-state index contributed by atoms with van der Waals surface area (Å²) in [7, 11) is 0. The molecule has 0 aliphatic rings. The Morgan fingerprint density at radius 3 is 2.30 bits per heavy atom. The molecule has 0 atom stereocenters. The molecule has 0 fully saturated rings. The molecule has 0 aromatic heterocycles. The fourth-order valence-electron chi connectivity index (χ4n) is 0.587. The molecular weight excluding hydrogens is 140 g/mol. The van der Waals surface area contributed by atoms with Crippen LogP contribution >= 0.6 is 0 Å². The van der Waals surface area contributed by atoms with Crippen LogP contribution < -0.4 is 0 Å². The molecule has 0 unspecified atom stereocenters. The summed E-state index contributed by atoms with van der Waals surface area (Å²) in [6, 6.07) is 6.40. The molecule has 1 N–H and O–H groups in total. The Labute approximate surface area is 75.0 Å². The van der Waals surface area contributed by atoms with E-state index in [1.165, 1.54) is 6.07 Å². The van der Waals surface area contributed by atoms with E-state index in [1.54, 1.807) is 18.2 Å². The molecule has 0 amide bonds. The predicted octanol–water partition coefficient (Wildman–Crippen LogP) is 0.824. The highest BCUT2D eigenvalue weighted by atomic mass is 24.3. The summed E-state index contributed by atoms with van der Waals surface area (Å²) in [6.45, 7) is 0. The molecule has 3 heteroatoms. The molecule has 48 valence electrons. The number of aldehydes is 1. The van der Waals surface area contributed by atoms with Gasteiger partial charge in [0.15, 0.2) is 6.29 Å². The van der Waals surface area contributed by atoms with E-state index >= 15 is 0 Å². The summed E-state index contributed by atoms with van der Waals surface area (Å²) in [5, 5.41) is 8.88. The molecule has 1 aromatic carbocycles. The van der Waals surface area contributed by atoms with Crippen LogP contribution in [0.25, 0.3) is 0 Å². The fraction of sp³-hybridized carbons (Fsp3) is 0. The lowest BCUT2D eigenvalue weighted by Gasteiger charge is -1.91. The third kappa shape index (κ3) is 2.00. The van der Waals surface area contributed by atoms with Gasteiger partial charge in [0.2, 0.25) is 0 Å². The van der Waals surface area contributed by atoms with Crippen molar-refractivity contribution in [3.8, 4) is 5.75 Å². The van der Waals surface area contributed by atoms with Crippen molar-refractivity contribution in [3.05, 3.63) is 29.8 Å². The first-order valence-electron chi connectivity index (χ1n) is 2.58. The van der Waals surface area contributed by atoms with E-state index < -0.39 is 0 Å². The van der Waals surface area contributed by atoms with Gasteiger partial charge in [0.05, 0.1) is 5.56 Å². The molecule has 0 aliphatic carbocycles. The van der Waals surface area contributed by atoms with E-state index in [0.717, 1.165) is 0 Å².